The van der Waals surface area contributed by atoms with E-state index in [4.69, 9.17) is 5.11 Å². The van der Waals surface area contributed by atoms with Crippen molar-refractivity contribution in [2.75, 3.05) is 45.9 Å². The van der Waals surface area contributed by atoms with Crippen LogP contribution in [0.25, 0.3) is 0 Å². The first-order chi connectivity index (χ1) is 7.53. The molecule has 0 aromatic carbocycles. The predicted octanol–water partition coefficient (Wildman–Crippen LogP) is -0.974. The standard InChI is InChI=1S/C11H23N3O2/c1-11(2,9-15)8-13-10(16)7-14-5-3-12-4-6-14/h12,15H,3-9H2,1-2H3,(H,13,16). The highest BCUT2D eigenvalue weighted by Gasteiger charge is 2.19. The van der Waals surface area contributed by atoms with Crippen LogP contribution < -0.4 is 10.6 Å². The van der Waals surface area contributed by atoms with Crippen LogP contribution in [0.15, 0.2) is 0 Å². The highest BCUT2D eigenvalue weighted by molar-refractivity contribution is 5.78. The van der Waals surface area contributed by atoms with Crippen molar-refractivity contribution in [3.63, 3.8) is 0 Å². The zero-order valence-electron chi connectivity index (χ0n) is 10.3. The van der Waals surface area contributed by atoms with E-state index in [0.29, 0.717) is 13.1 Å². The van der Waals surface area contributed by atoms with Crippen LogP contribution in [0.4, 0.5) is 0 Å². The summed E-state index contributed by atoms with van der Waals surface area (Å²) in [6.07, 6.45) is 0. The second kappa shape index (κ2) is 6.18. The van der Waals surface area contributed by atoms with E-state index in [1.165, 1.54) is 0 Å². The molecule has 5 heteroatoms. The number of hydrogen-bond donors (Lipinski definition) is 3. The van der Waals surface area contributed by atoms with E-state index >= 15 is 0 Å². The summed E-state index contributed by atoms with van der Waals surface area (Å²) in [4.78, 5) is 13.8. The Hall–Kier alpha value is -0.650. The third kappa shape index (κ3) is 4.92. The largest absolute Gasteiger partial charge is 0.396 e. The molecule has 1 heterocycles. The van der Waals surface area contributed by atoms with E-state index in [0.717, 1.165) is 26.2 Å². The Morgan fingerprint density at radius 2 is 2.06 bits per heavy atom. The second-order valence-corrected chi connectivity index (χ2v) is 5.13. The van der Waals surface area contributed by atoms with Gasteiger partial charge in [-0.3, -0.25) is 9.69 Å². The molecule has 0 bridgehead atoms. The molecule has 0 aromatic heterocycles. The first kappa shape index (κ1) is 13.4. The maximum atomic E-state index is 11.6. The molecule has 0 atom stereocenters. The normalized spacial score (nSPS) is 18.4. The van der Waals surface area contributed by atoms with Gasteiger partial charge in [0, 0.05) is 44.7 Å². The minimum atomic E-state index is -0.237. The summed E-state index contributed by atoms with van der Waals surface area (Å²) in [5.74, 6) is 0.0448. The maximum Gasteiger partial charge on any atom is 0.234 e. The molecule has 0 saturated carbocycles. The van der Waals surface area contributed by atoms with Crippen LogP contribution in [0, 0.1) is 5.41 Å². The average Bonchev–Trinajstić information content (AvgIpc) is 2.28. The summed E-state index contributed by atoms with van der Waals surface area (Å²) in [7, 11) is 0. The van der Waals surface area contributed by atoms with Crippen molar-refractivity contribution < 1.29 is 9.90 Å². The molecule has 1 fully saturated rings. The lowest BCUT2D eigenvalue weighted by Crippen LogP contribution is -2.48. The molecule has 0 radical (unpaired) electrons. The van der Waals surface area contributed by atoms with Gasteiger partial charge < -0.3 is 15.7 Å². The van der Waals surface area contributed by atoms with E-state index < -0.39 is 0 Å². The van der Waals surface area contributed by atoms with Gasteiger partial charge in [-0.25, -0.2) is 0 Å². The Morgan fingerprint density at radius 3 is 2.62 bits per heavy atom. The molecule has 0 spiro atoms. The van der Waals surface area contributed by atoms with Gasteiger partial charge in [0.25, 0.3) is 0 Å². The Bertz CT molecular complexity index is 225. The first-order valence-corrected chi connectivity index (χ1v) is 5.84. The number of carbonyl (C=O) groups excluding carboxylic acids is 1. The van der Waals surface area contributed by atoms with Crippen LogP contribution in [0.2, 0.25) is 0 Å². The lowest BCUT2D eigenvalue weighted by Gasteiger charge is -2.27. The lowest BCUT2D eigenvalue weighted by atomic mass is 9.95. The Morgan fingerprint density at radius 1 is 1.44 bits per heavy atom. The number of piperazine rings is 1. The fourth-order valence-electron chi connectivity index (χ4n) is 1.52. The first-order valence-electron chi connectivity index (χ1n) is 5.84. The third-order valence-corrected chi connectivity index (χ3v) is 2.77. The van der Waals surface area contributed by atoms with Crippen LogP contribution in [-0.2, 0) is 4.79 Å². The molecule has 1 aliphatic heterocycles. The van der Waals surface area contributed by atoms with Crippen LogP contribution in [0.1, 0.15) is 13.8 Å². The van der Waals surface area contributed by atoms with Gasteiger partial charge in [0.15, 0.2) is 0 Å². The maximum absolute atomic E-state index is 11.6. The molecule has 94 valence electrons. The predicted molar refractivity (Wildman–Crippen MR) is 63.2 cm³/mol. The molecule has 1 rings (SSSR count). The number of rotatable bonds is 5. The van der Waals surface area contributed by atoms with Crippen molar-refractivity contribution in [3.05, 3.63) is 0 Å². The highest BCUT2D eigenvalue weighted by Crippen LogP contribution is 2.10. The van der Waals surface area contributed by atoms with Gasteiger partial charge in [0.1, 0.15) is 0 Å². The number of nitrogens with zero attached hydrogens (tertiary/aromatic N) is 1. The summed E-state index contributed by atoms with van der Waals surface area (Å²) in [5, 5.41) is 15.2. The van der Waals surface area contributed by atoms with Gasteiger partial charge in [-0.05, 0) is 0 Å². The van der Waals surface area contributed by atoms with Gasteiger partial charge in [0.2, 0.25) is 5.91 Å². The molecule has 0 unspecified atom stereocenters. The number of hydrogen-bond acceptors (Lipinski definition) is 4. The summed E-state index contributed by atoms with van der Waals surface area (Å²) >= 11 is 0. The number of aliphatic hydroxyl groups excluding tert-OH is 1. The van der Waals surface area contributed by atoms with Crippen LogP contribution in [-0.4, -0.2) is 61.8 Å². The molecular weight excluding hydrogens is 206 g/mol. The molecule has 5 nitrogen and oxygen atoms in total. The SMILES string of the molecule is CC(C)(CO)CNC(=O)CN1CCNCC1. The van der Waals surface area contributed by atoms with Crippen LogP contribution >= 0.6 is 0 Å². The Labute approximate surface area is 97.2 Å². The number of carbonyl (C=O) groups is 1. The average molecular weight is 229 g/mol. The minimum absolute atomic E-state index is 0.0448. The van der Waals surface area contributed by atoms with Crippen molar-refractivity contribution in [1.29, 1.82) is 0 Å². The Kier molecular flexibility index (Phi) is 5.18. The van der Waals surface area contributed by atoms with Gasteiger partial charge in [-0.15, -0.1) is 0 Å². The van der Waals surface area contributed by atoms with Gasteiger partial charge in [0.05, 0.1) is 6.54 Å². The van der Waals surface area contributed by atoms with E-state index in [1.54, 1.807) is 0 Å². The molecule has 0 aliphatic carbocycles. The summed E-state index contributed by atoms with van der Waals surface area (Å²) in [6, 6.07) is 0. The van der Waals surface area contributed by atoms with Gasteiger partial charge >= 0.3 is 0 Å². The van der Waals surface area contributed by atoms with Gasteiger partial charge in [-0.1, -0.05) is 13.8 Å². The monoisotopic (exact) mass is 229 g/mol. The summed E-state index contributed by atoms with van der Waals surface area (Å²) in [6.45, 7) is 8.69. The molecule has 1 aliphatic rings. The number of amides is 1. The fourth-order valence-corrected chi connectivity index (χ4v) is 1.52. The van der Waals surface area contributed by atoms with E-state index in [2.05, 4.69) is 15.5 Å². The van der Waals surface area contributed by atoms with Crippen LogP contribution in [0.3, 0.4) is 0 Å². The van der Waals surface area contributed by atoms with Gasteiger partial charge in [-0.2, -0.15) is 0 Å². The molecule has 1 saturated heterocycles. The summed E-state index contributed by atoms with van der Waals surface area (Å²) < 4.78 is 0. The molecule has 0 aromatic rings. The molecule has 16 heavy (non-hydrogen) atoms. The van der Waals surface area contributed by atoms with Crippen molar-refractivity contribution in [2.45, 2.75) is 13.8 Å². The third-order valence-electron chi connectivity index (χ3n) is 2.77. The highest BCUT2D eigenvalue weighted by atomic mass is 16.3. The topological polar surface area (TPSA) is 64.6 Å². The van der Waals surface area contributed by atoms with E-state index in [9.17, 15) is 4.79 Å². The number of nitrogens with one attached hydrogen (secondary N) is 2. The molecule has 3 N–H and O–H groups in total. The zero-order chi connectivity index (χ0) is 12.0. The van der Waals surface area contributed by atoms with Crippen molar-refractivity contribution in [3.8, 4) is 0 Å². The molecular formula is C11H23N3O2. The fraction of sp³-hybridized carbons (Fsp3) is 0.909. The minimum Gasteiger partial charge on any atom is -0.396 e. The van der Waals surface area contributed by atoms with Crippen molar-refractivity contribution in [2.24, 2.45) is 5.41 Å². The summed E-state index contributed by atoms with van der Waals surface area (Å²) in [5.41, 5.74) is -0.237. The van der Waals surface area contributed by atoms with E-state index in [-0.39, 0.29) is 17.9 Å². The second-order valence-electron chi connectivity index (χ2n) is 5.13. The molecule has 1 amide bonds. The van der Waals surface area contributed by atoms with E-state index in [1.807, 2.05) is 13.8 Å². The zero-order valence-corrected chi connectivity index (χ0v) is 10.3. The van der Waals surface area contributed by atoms with Crippen molar-refractivity contribution in [1.82, 2.24) is 15.5 Å². The number of aliphatic hydroxyl groups is 1. The Balaban J connectivity index is 2.19. The smallest absolute Gasteiger partial charge is 0.234 e. The van der Waals surface area contributed by atoms with Crippen LogP contribution in [0.5, 0.6) is 0 Å². The van der Waals surface area contributed by atoms with Crippen molar-refractivity contribution >= 4 is 5.91 Å². The lowest BCUT2D eigenvalue weighted by molar-refractivity contribution is -0.122. The quantitative estimate of drug-likeness (QED) is 0.567.